The van der Waals surface area contributed by atoms with Gasteiger partial charge in [0.2, 0.25) is 5.91 Å². The SMILES string of the molecule is C=CC(=O)N1CCN(c2nc(O)nc3nc(-c4c(Cl)c(F)cc5[nH]ncc45)ccc23)CC1. The van der Waals surface area contributed by atoms with Gasteiger partial charge in [-0.1, -0.05) is 18.2 Å². The molecule has 1 aliphatic rings. The maximum atomic E-state index is 14.4. The third-order valence-corrected chi connectivity index (χ3v) is 5.86. The second kappa shape index (κ2) is 7.72. The molecule has 1 aliphatic heterocycles. The van der Waals surface area contributed by atoms with E-state index in [-0.39, 0.29) is 16.6 Å². The fourth-order valence-corrected chi connectivity index (χ4v) is 4.17. The topological polar surface area (TPSA) is 111 Å². The number of hydrogen-bond donors (Lipinski definition) is 2. The van der Waals surface area contributed by atoms with E-state index in [1.54, 1.807) is 23.2 Å². The number of piperazine rings is 1. The molecule has 0 atom stereocenters. The van der Waals surface area contributed by atoms with Crippen LogP contribution in [0.1, 0.15) is 0 Å². The van der Waals surface area contributed by atoms with Crippen LogP contribution in [0.2, 0.25) is 5.02 Å². The number of carbonyl (C=O) groups excluding carboxylic acids is 1. The predicted octanol–water partition coefficient (Wildman–Crippen LogP) is 2.90. The summed E-state index contributed by atoms with van der Waals surface area (Å²) in [5.41, 5.74) is 1.50. The molecule has 0 aliphatic carbocycles. The Labute approximate surface area is 186 Å². The molecule has 32 heavy (non-hydrogen) atoms. The molecule has 0 saturated carbocycles. The standard InChI is InChI=1S/C21H17ClFN7O2/c1-2-16(31)29-5-7-30(8-6-29)20-11-3-4-14(25-19(11)26-21(32)27-20)17-12-10-24-28-15(12)9-13(23)18(17)22/h2-4,9-10H,1,5-8H2,(H,24,28)(H,25,26,27,32). The molecule has 3 aromatic heterocycles. The highest BCUT2D eigenvalue weighted by Gasteiger charge is 2.24. The van der Waals surface area contributed by atoms with E-state index in [1.807, 2.05) is 4.90 Å². The van der Waals surface area contributed by atoms with Gasteiger partial charge < -0.3 is 14.9 Å². The Kier molecular flexibility index (Phi) is 4.86. The zero-order chi connectivity index (χ0) is 22.4. The number of amides is 1. The average Bonchev–Trinajstić information content (AvgIpc) is 3.26. The van der Waals surface area contributed by atoms with Crippen LogP contribution in [0.15, 0.2) is 37.1 Å². The number of halogens is 2. The molecule has 11 heteroatoms. The number of pyridine rings is 1. The van der Waals surface area contributed by atoms with Crippen LogP contribution in [-0.4, -0.2) is 67.2 Å². The van der Waals surface area contributed by atoms with Gasteiger partial charge in [-0.3, -0.25) is 9.89 Å². The van der Waals surface area contributed by atoms with E-state index in [4.69, 9.17) is 11.6 Å². The summed E-state index contributed by atoms with van der Waals surface area (Å²) in [7, 11) is 0. The van der Waals surface area contributed by atoms with Crippen LogP contribution in [0.5, 0.6) is 6.01 Å². The van der Waals surface area contributed by atoms with Crippen molar-refractivity contribution in [3.05, 3.63) is 47.9 Å². The first kappa shape index (κ1) is 20.1. The molecule has 1 amide bonds. The summed E-state index contributed by atoms with van der Waals surface area (Å²) in [6.07, 6.45) is 2.84. The van der Waals surface area contributed by atoms with Crippen molar-refractivity contribution < 1.29 is 14.3 Å². The van der Waals surface area contributed by atoms with E-state index >= 15 is 0 Å². The number of benzene rings is 1. The molecule has 1 saturated heterocycles. The number of aromatic hydroxyl groups is 1. The molecule has 1 aromatic carbocycles. The fourth-order valence-electron chi connectivity index (χ4n) is 3.91. The van der Waals surface area contributed by atoms with Gasteiger partial charge >= 0.3 is 6.01 Å². The van der Waals surface area contributed by atoms with Crippen LogP contribution in [0, 0.1) is 5.82 Å². The minimum Gasteiger partial charge on any atom is -0.479 e. The van der Waals surface area contributed by atoms with Crippen molar-refractivity contribution in [2.75, 3.05) is 31.1 Å². The van der Waals surface area contributed by atoms with Crippen molar-refractivity contribution in [1.29, 1.82) is 0 Å². The van der Waals surface area contributed by atoms with Crippen molar-refractivity contribution in [1.82, 2.24) is 30.0 Å². The van der Waals surface area contributed by atoms with Gasteiger partial charge in [0.15, 0.2) is 5.65 Å². The molecule has 2 N–H and O–H groups in total. The van der Waals surface area contributed by atoms with Gasteiger partial charge in [0.05, 0.1) is 27.8 Å². The van der Waals surface area contributed by atoms with Gasteiger partial charge in [0.1, 0.15) is 11.6 Å². The molecule has 0 radical (unpaired) electrons. The Hall–Kier alpha value is -3.79. The Bertz CT molecular complexity index is 1380. The molecule has 0 spiro atoms. The second-order valence-electron chi connectivity index (χ2n) is 7.31. The predicted molar refractivity (Wildman–Crippen MR) is 118 cm³/mol. The Balaban J connectivity index is 1.57. The lowest BCUT2D eigenvalue weighted by Gasteiger charge is -2.35. The summed E-state index contributed by atoms with van der Waals surface area (Å²) in [6, 6.07) is 4.32. The van der Waals surface area contributed by atoms with E-state index in [0.717, 1.165) is 0 Å². The van der Waals surface area contributed by atoms with Gasteiger partial charge in [0, 0.05) is 43.2 Å². The smallest absolute Gasteiger partial charge is 0.317 e. The van der Waals surface area contributed by atoms with E-state index < -0.39 is 11.8 Å². The van der Waals surface area contributed by atoms with Crippen molar-refractivity contribution in [2.45, 2.75) is 0 Å². The molecule has 4 aromatic rings. The third kappa shape index (κ3) is 3.28. The molecule has 1 fully saturated rings. The molecule has 4 heterocycles. The van der Waals surface area contributed by atoms with Crippen molar-refractivity contribution in [3.8, 4) is 17.3 Å². The lowest BCUT2D eigenvalue weighted by atomic mass is 10.1. The number of aromatic amines is 1. The number of anilines is 1. The highest BCUT2D eigenvalue weighted by Crippen LogP contribution is 2.37. The first-order valence-corrected chi connectivity index (χ1v) is 10.2. The van der Waals surface area contributed by atoms with Crippen molar-refractivity contribution in [3.63, 3.8) is 0 Å². The number of fused-ring (bicyclic) bond motifs is 2. The molecule has 162 valence electrons. The maximum Gasteiger partial charge on any atom is 0.317 e. The monoisotopic (exact) mass is 453 g/mol. The number of rotatable bonds is 3. The van der Waals surface area contributed by atoms with Crippen LogP contribution in [0.3, 0.4) is 0 Å². The summed E-state index contributed by atoms with van der Waals surface area (Å²) in [5.74, 6) is -0.210. The van der Waals surface area contributed by atoms with Crippen molar-refractivity contribution >= 4 is 45.3 Å². The number of hydrogen-bond acceptors (Lipinski definition) is 7. The van der Waals surface area contributed by atoms with E-state index in [0.29, 0.717) is 59.5 Å². The summed E-state index contributed by atoms with van der Waals surface area (Å²) in [4.78, 5) is 28.3. The first-order valence-electron chi connectivity index (χ1n) is 9.81. The van der Waals surface area contributed by atoms with Gasteiger partial charge in [-0.05, 0) is 18.2 Å². The van der Waals surface area contributed by atoms with Gasteiger partial charge in [-0.2, -0.15) is 15.1 Å². The summed E-state index contributed by atoms with van der Waals surface area (Å²) in [5, 5.41) is 18.0. The number of H-pyrrole nitrogens is 1. The molecule has 9 nitrogen and oxygen atoms in total. The van der Waals surface area contributed by atoms with Crippen molar-refractivity contribution in [2.24, 2.45) is 0 Å². The Morgan fingerprint density at radius 3 is 2.72 bits per heavy atom. The molecule has 5 rings (SSSR count). The zero-order valence-electron chi connectivity index (χ0n) is 16.7. The summed E-state index contributed by atoms with van der Waals surface area (Å²) >= 11 is 6.26. The minimum atomic E-state index is -0.599. The number of nitrogens with zero attached hydrogens (tertiary/aromatic N) is 6. The Morgan fingerprint density at radius 2 is 1.97 bits per heavy atom. The van der Waals surface area contributed by atoms with E-state index in [9.17, 15) is 14.3 Å². The van der Waals surface area contributed by atoms with E-state index in [2.05, 4.69) is 31.7 Å². The van der Waals surface area contributed by atoms with Crippen LogP contribution in [0.4, 0.5) is 10.2 Å². The minimum absolute atomic E-state index is 0.0766. The summed E-state index contributed by atoms with van der Waals surface area (Å²) < 4.78 is 14.4. The molecular weight excluding hydrogens is 437 g/mol. The van der Waals surface area contributed by atoms with Crippen LogP contribution < -0.4 is 4.90 Å². The van der Waals surface area contributed by atoms with Gasteiger partial charge in [-0.25, -0.2) is 9.37 Å². The number of aromatic nitrogens is 5. The van der Waals surface area contributed by atoms with Crippen LogP contribution >= 0.6 is 11.6 Å². The largest absolute Gasteiger partial charge is 0.479 e. The lowest BCUT2D eigenvalue weighted by Crippen LogP contribution is -2.48. The van der Waals surface area contributed by atoms with Crippen LogP contribution in [-0.2, 0) is 4.79 Å². The van der Waals surface area contributed by atoms with Gasteiger partial charge in [0.25, 0.3) is 0 Å². The third-order valence-electron chi connectivity index (χ3n) is 5.49. The number of carbonyl (C=O) groups is 1. The first-order chi connectivity index (χ1) is 15.5. The fraction of sp³-hybridized carbons (Fsp3) is 0.190. The normalized spacial score (nSPS) is 14.3. The highest BCUT2D eigenvalue weighted by atomic mass is 35.5. The Morgan fingerprint density at radius 1 is 1.19 bits per heavy atom. The van der Waals surface area contributed by atoms with Gasteiger partial charge in [-0.15, -0.1) is 0 Å². The zero-order valence-corrected chi connectivity index (χ0v) is 17.5. The maximum absolute atomic E-state index is 14.4. The highest BCUT2D eigenvalue weighted by molar-refractivity contribution is 6.35. The molecule has 0 bridgehead atoms. The summed E-state index contributed by atoms with van der Waals surface area (Å²) in [6.45, 7) is 5.57. The van der Waals surface area contributed by atoms with E-state index in [1.165, 1.54) is 12.1 Å². The number of nitrogens with one attached hydrogen (secondary N) is 1. The van der Waals surface area contributed by atoms with Crippen LogP contribution in [0.25, 0.3) is 33.2 Å². The quantitative estimate of drug-likeness (QED) is 0.459. The average molecular weight is 454 g/mol. The lowest BCUT2D eigenvalue weighted by molar-refractivity contribution is -0.126. The second-order valence-corrected chi connectivity index (χ2v) is 7.69. The molecular formula is C21H17ClFN7O2. The molecule has 0 unspecified atom stereocenters.